The van der Waals surface area contributed by atoms with E-state index in [-0.39, 0.29) is 11.4 Å². The molecule has 1 amide bonds. The fourth-order valence-electron chi connectivity index (χ4n) is 5.00. The molecule has 2 aliphatic rings. The Morgan fingerprint density at radius 1 is 1.20 bits per heavy atom. The van der Waals surface area contributed by atoms with Crippen molar-refractivity contribution in [2.75, 3.05) is 27.2 Å². The van der Waals surface area contributed by atoms with Gasteiger partial charge in [0.2, 0.25) is 0 Å². The molecule has 1 unspecified atom stereocenters. The first-order valence-corrected chi connectivity index (χ1v) is 10.7. The summed E-state index contributed by atoms with van der Waals surface area (Å²) in [5.41, 5.74) is 1.22. The Balaban J connectivity index is 1.44. The average Bonchev–Trinajstić information content (AvgIpc) is 3.52. The SMILES string of the molecule is CN(C)C1(c2nnnn2C2CCCC2)CCN(C(=O)c2ccc3ncccc3c2)C1. The van der Waals surface area contributed by atoms with Crippen molar-refractivity contribution in [2.45, 2.75) is 43.7 Å². The average molecular weight is 406 g/mol. The number of hydrogen-bond donors (Lipinski definition) is 0. The Morgan fingerprint density at radius 2 is 2.03 bits per heavy atom. The van der Waals surface area contributed by atoms with Gasteiger partial charge in [-0.3, -0.25) is 14.7 Å². The molecule has 0 bridgehead atoms. The van der Waals surface area contributed by atoms with Crippen LogP contribution in [0.3, 0.4) is 0 Å². The standard InChI is InChI=1S/C22H27N7O/c1-27(2)22(21-24-25-26-29(21)18-7-3-4-8-18)11-13-28(15-22)20(30)17-9-10-19-16(14-17)6-5-12-23-19/h5-6,9-10,12,14,18H,3-4,7-8,11,13,15H2,1-2H3. The highest BCUT2D eigenvalue weighted by atomic mass is 16.2. The van der Waals surface area contributed by atoms with Crippen molar-refractivity contribution in [3.63, 3.8) is 0 Å². The number of nitrogens with zero attached hydrogens (tertiary/aromatic N) is 7. The molecule has 3 heterocycles. The van der Waals surface area contributed by atoms with Gasteiger partial charge in [-0.2, -0.15) is 0 Å². The van der Waals surface area contributed by atoms with Gasteiger partial charge in [0.25, 0.3) is 5.91 Å². The summed E-state index contributed by atoms with van der Waals surface area (Å²) in [5.74, 6) is 0.932. The van der Waals surface area contributed by atoms with Crippen molar-refractivity contribution in [1.82, 2.24) is 35.0 Å². The second-order valence-electron chi connectivity index (χ2n) is 8.70. The fourth-order valence-corrected chi connectivity index (χ4v) is 5.00. The van der Waals surface area contributed by atoms with Crippen LogP contribution in [0.1, 0.15) is 54.3 Å². The van der Waals surface area contributed by atoms with Crippen LogP contribution in [0, 0.1) is 0 Å². The smallest absolute Gasteiger partial charge is 0.253 e. The van der Waals surface area contributed by atoms with Crippen LogP contribution >= 0.6 is 0 Å². The molecular formula is C22H27N7O. The number of likely N-dealkylation sites (N-methyl/N-ethyl adjacent to an activating group) is 1. The molecule has 1 atom stereocenters. The monoisotopic (exact) mass is 405 g/mol. The van der Waals surface area contributed by atoms with Gasteiger partial charge in [-0.25, -0.2) is 4.68 Å². The van der Waals surface area contributed by atoms with Gasteiger partial charge in [0.05, 0.1) is 11.6 Å². The molecular weight excluding hydrogens is 378 g/mol. The number of likely N-dealkylation sites (tertiary alicyclic amines) is 1. The number of hydrogen-bond acceptors (Lipinski definition) is 6. The first-order chi connectivity index (χ1) is 14.6. The van der Waals surface area contributed by atoms with E-state index in [0.717, 1.165) is 36.0 Å². The molecule has 5 rings (SSSR count). The van der Waals surface area contributed by atoms with Crippen molar-refractivity contribution in [3.05, 3.63) is 47.9 Å². The van der Waals surface area contributed by atoms with Crippen LogP contribution in [-0.2, 0) is 5.54 Å². The summed E-state index contributed by atoms with van der Waals surface area (Å²) < 4.78 is 2.03. The van der Waals surface area contributed by atoms with Crippen molar-refractivity contribution < 1.29 is 4.79 Å². The summed E-state index contributed by atoms with van der Waals surface area (Å²) in [6.07, 6.45) is 7.27. The molecule has 1 saturated heterocycles. The Kier molecular flexibility index (Phi) is 4.73. The number of pyridine rings is 1. The number of tetrazole rings is 1. The highest BCUT2D eigenvalue weighted by Crippen LogP contribution is 2.39. The number of rotatable bonds is 4. The van der Waals surface area contributed by atoms with Crippen molar-refractivity contribution in [2.24, 2.45) is 0 Å². The van der Waals surface area contributed by atoms with E-state index in [1.54, 1.807) is 6.20 Å². The van der Waals surface area contributed by atoms with E-state index in [1.807, 2.05) is 39.9 Å². The molecule has 30 heavy (non-hydrogen) atoms. The maximum Gasteiger partial charge on any atom is 0.253 e. The number of carbonyl (C=O) groups is 1. The third kappa shape index (κ3) is 3.06. The molecule has 1 aromatic carbocycles. The maximum absolute atomic E-state index is 13.3. The topological polar surface area (TPSA) is 80.0 Å². The zero-order chi connectivity index (χ0) is 20.7. The van der Waals surface area contributed by atoms with E-state index in [1.165, 1.54) is 12.8 Å². The number of amides is 1. The van der Waals surface area contributed by atoms with Crippen LogP contribution in [0.2, 0.25) is 0 Å². The first-order valence-electron chi connectivity index (χ1n) is 10.7. The number of fused-ring (bicyclic) bond motifs is 1. The Bertz CT molecular complexity index is 1070. The normalized spacial score (nSPS) is 22.4. The van der Waals surface area contributed by atoms with Gasteiger partial charge in [-0.15, -0.1) is 5.10 Å². The van der Waals surface area contributed by atoms with Crippen LogP contribution in [0.25, 0.3) is 10.9 Å². The minimum absolute atomic E-state index is 0.0457. The zero-order valence-corrected chi connectivity index (χ0v) is 17.5. The van der Waals surface area contributed by atoms with Crippen LogP contribution < -0.4 is 0 Å². The minimum Gasteiger partial charge on any atom is -0.336 e. The molecule has 1 aliphatic carbocycles. The van der Waals surface area contributed by atoms with Crippen LogP contribution in [0.4, 0.5) is 0 Å². The van der Waals surface area contributed by atoms with E-state index in [2.05, 4.69) is 39.5 Å². The van der Waals surface area contributed by atoms with E-state index >= 15 is 0 Å². The lowest BCUT2D eigenvalue weighted by Gasteiger charge is -2.35. The minimum atomic E-state index is -0.375. The summed E-state index contributed by atoms with van der Waals surface area (Å²) in [6, 6.07) is 9.97. The molecule has 3 aromatic rings. The molecule has 156 valence electrons. The third-order valence-corrected chi connectivity index (χ3v) is 6.82. The fraction of sp³-hybridized carbons (Fsp3) is 0.500. The summed E-state index contributed by atoms with van der Waals surface area (Å²) in [7, 11) is 4.12. The van der Waals surface area contributed by atoms with Crippen molar-refractivity contribution in [3.8, 4) is 0 Å². The Labute approximate surface area is 175 Å². The molecule has 0 spiro atoms. The van der Waals surface area contributed by atoms with Gasteiger partial charge in [0.1, 0.15) is 5.54 Å². The van der Waals surface area contributed by atoms with Crippen LogP contribution in [0.5, 0.6) is 0 Å². The van der Waals surface area contributed by atoms with Gasteiger partial charge < -0.3 is 4.90 Å². The molecule has 1 saturated carbocycles. The highest BCUT2D eigenvalue weighted by molar-refractivity contribution is 5.98. The lowest BCUT2D eigenvalue weighted by molar-refractivity contribution is 0.0737. The van der Waals surface area contributed by atoms with E-state index in [0.29, 0.717) is 24.7 Å². The molecule has 8 nitrogen and oxygen atoms in total. The third-order valence-electron chi connectivity index (χ3n) is 6.82. The van der Waals surface area contributed by atoms with E-state index in [9.17, 15) is 4.79 Å². The molecule has 2 fully saturated rings. The Hall–Kier alpha value is -2.87. The summed E-state index contributed by atoms with van der Waals surface area (Å²) in [5, 5.41) is 13.8. The van der Waals surface area contributed by atoms with Gasteiger partial charge in [0.15, 0.2) is 5.82 Å². The molecule has 8 heteroatoms. The lowest BCUT2D eigenvalue weighted by Crippen LogP contribution is -2.47. The van der Waals surface area contributed by atoms with Gasteiger partial charge in [0, 0.05) is 30.2 Å². The highest BCUT2D eigenvalue weighted by Gasteiger charge is 2.48. The van der Waals surface area contributed by atoms with Gasteiger partial charge >= 0.3 is 0 Å². The number of carbonyl (C=O) groups excluding carboxylic acids is 1. The van der Waals surface area contributed by atoms with Gasteiger partial charge in [-0.05, 0) is 68.1 Å². The maximum atomic E-state index is 13.3. The van der Waals surface area contributed by atoms with Crippen LogP contribution in [-0.4, -0.2) is 68.1 Å². The molecule has 1 aliphatic heterocycles. The molecule has 0 radical (unpaired) electrons. The van der Waals surface area contributed by atoms with Gasteiger partial charge in [-0.1, -0.05) is 18.9 Å². The number of aromatic nitrogens is 5. The zero-order valence-electron chi connectivity index (χ0n) is 17.5. The second-order valence-corrected chi connectivity index (χ2v) is 8.70. The largest absolute Gasteiger partial charge is 0.336 e. The predicted octanol–water partition coefficient (Wildman–Crippen LogP) is 2.64. The quantitative estimate of drug-likeness (QED) is 0.664. The van der Waals surface area contributed by atoms with Crippen molar-refractivity contribution >= 4 is 16.8 Å². The first kappa shape index (κ1) is 19.1. The number of benzene rings is 1. The lowest BCUT2D eigenvalue weighted by atomic mass is 9.95. The van der Waals surface area contributed by atoms with E-state index < -0.39 is 0 Å². The molecule has 2 aromatic heterocycles. The summed E-state index contributed by atoms with van der Waals surface area (Å²) in [4.78, 5) is 21.8. The summed E-state index contributed by atoms with van der Waals surface area (Å²) >= 11 is 0. The van der Waals surface area contributed by atoms with Crippen molar-refractivity contribution in [1.29, 1.82) is 0 Å². The summed E-state index contributed by atoms with van der Waals surface area (Å²) in [6.45, 7) is 1.26. The molecule has 0 N–H and O–H groups in total. The van der Waals surface area contributed by atoms with E-state index in [4.69, 9.17) is 0 Å². The Morgan fingerprint density at radius 3 is 2.83 bits per heavy atom. The van der Waals surface area contributed by atoms with Crippen LogP contribution in [0.15, 0.2) is 36.5 Å². The second kappa shape index (κ2) is 7.43. The predicted molar refractivity (Wildman–Crippen MR) is 113 cm³/mol.